The molecule has 0 spiro atoms. The standard InChI is InChI=1S/C14H15ClN2O2S/c1-9(8-10-4-3-7-20-10)17(2)13-11(14(18)19)5-6-12(15)16-13/h3-7,9H,8H2,1-2H3,(H,18,19). The number of carboxylic acids is 1. The highest BCUT2D eigenvalue weighted by Gasteiger charge is 2.20. The number of carboxylic acid groups (broad SMARTS) is 1. The van der Waals surface area contributed by atoms with E-state index in [9.17, 15) is 9.90 Å². The number of aromatic carboxylic acids is 1. The molecule has 1 unspecified atom stereocenters. The third kappa shape index (κ3) is 3.29. The summed E-state index contributed by atoms with van der Waals surface area (Å²) < 4.78 is 0. The Morgan fingerprint density at radius 3 is 2.85 bits per heavy atom. The molecule has 2 rings (SSSR count). The second-order valence-corrected chi connectivity index (χ2v) is 5.97. The lowest BCUT2D eigenvalue weighted by Gasteiger charge is -2.27. The summed E-state index contributed by atoms with van der Waals surface area (Å²) in [5.74, 6) is -0.603. The van der Waals surface area contributed by atoms with E-state index in [4.69, 9.17) is 11.6 Å². The van der Waals surface area contributed by atoms with Crippen molar-refractivity contribution in [3.63, 3.8) is 0 Å². The van der Waals surface area contributed by atoms with Gasteiger partial charge in [-0.2, -0.15) is 0 Å². The summed E-state index contributed by atoms with van der Waals surface area (Å²) >= 11 is 7.57. The van der Waals surface area contributed by atoms with Crippen LogP contribution >= 0.6 is 22.9 Å². The van der Waals surface area contributed by atoms with Gasteiger partial charge in [-0.05, 0) is 30.5 Å². The van der Waals surface area contributed by atoms with Crippen molar-refractivity contribution in [1.82, 2.24) is 4.98 Å². The molecule has 2 aromatic rings. The quantitative estimate of drug-likeness (QED) is 0.858. The fraction of sp³-hybridized carbons (Fsp3) is 0.286. The van der Waals surface area contributed by atoms with Gasteiger partial charge in [-0.1, -0.05) is 17.7 Å². The number of aromatic nitrogens is 1. The predicted octanol–water partition coefficient (Wildman–Crippen LogP) is 3.56. The number of thiophene rings is 1. The predicted molar refractivity (Wildman–Crippen MR) is 82.1 cm³/mol. The number of rotatable bonds is 5. The smallest absolute Gasteiger partial charge is 0.339 e. The van der Waals surface area contributed by atoms with Crippen LogP contribution in [0.5, 0.6) is 0 Å². The van der Waals surface area contributed by atoms with Crippen molar-refractivity contribution in [2.24, 2.45) is 0 Å². The number of nitrogens with zero attached hydrogens (tertiary/aromatic N) is 2. The summed E-state index contributed by atoms with van der Waals surface area (Å²) in [7, 11) is 1.84. The van der Waals surface area contributed by atoms with Gasteiger partial charge >= 0.3 is 5.97 Å². The Morgan fingerprint density at radius 2 is 2.25 bits per heavy atom. The molecule has 1 atom stereocenters. The fourth-order valence-electron chi connectivity index (χ4n) is 1.93. The number of hydrogen-bond acceptors (Lipinski definition) is 4. The van der Waals surface area contributed by atoms with Gasteiger partial charge in [0.15, 0.2) is 0 Å². The monoisotopic (exact) mass is 310 g/mol. The van der Waals surface area contributed by atoms with Crippen LogP contribution in [0.2, 0.25) is 5.15 Å². The van der Waals surface area contributed by atoms with Gasteiger partial charge in [0.25, 0.3) is 0 Å². The second-order valence-electron chi connectivity index (χ2n) is 4.55. The highest BCUT2D eigenvalue weighted by Crippen LogP contribution is 2.23. The summed E-state index contributed by atoms with van der Waals surface area (Å²) in [5, 5.41) is 11.6. The van der Waals surface area contributed by atoms with Crippen LogP contribution in [0.3, 0.4) is 0 Å². The molecule has 0 fully saturated rings. The lowest BCUT2D eigenvalue weighted by Crippen LogP contribution is -2.32. The third-order valence-corrected chi connectivity index (χ3v) is 4.25. The number of halogens is 1. The van der Waals surface area contributed by atoms with Gasteiger partial charge in [-0.25, -0.2) is 9.78 Å². The maximum absolute atomic E-state index is 11.3. The first-order valence-corrected chi connectivity index (χ1v) is 7.40. The zero-order valence-electron chi connectivity index (χ0n) is 11.2. The molecule has 6 heteroatoms. The van der Waals surface area contributed by atoms with E-state index in [-0.39, 0.29) is 11.6 Å². The zero-order valence-corrected chi connectivity index (χ0v) is 12.8. The molecule has 106 valence electrons. The molecule has 1 N–H and O–H groups in total. The maximum atomic E-state index is 11.3. The average molecular weight is 311 g/mol. The van der Waals surface area contributed by atoms with Crippen molar-refractivity contribution in [2.45, 2.75) is 19.4 Å². The first-order valence-electron chi connectivity index (χ1n) is 6.14. The minimum Gasteiger partial charge on any atom is -0.478 e. The Morgan fingerprint density at radius 1 is 1.50 bits per heavy atom. The number of carbonyl (C=O) groups is 1. The molecule has 2 aromatic heterocycles. The summed E-state index contributed by atoms with van der Waals surface area (Å²) in [4.78, 5) is 18.5. The molecule has 0 aliphatic carbocycles. The summed E-state index contributed by atoms with van der Waals surface area (Å²) in [6, 6.07) is 7.18. The minimum atomic E-state index is -1.00. The molecule has 20 heavy (non-hydrogen) atoms. The van der Waals surface area contributed by atoms with Gasteiger partial charge in [0.2, 0.25) is 0 Å². The number of pyridine rings is 1. The molecule has 0 aliphatic rings. The average Bonchev–Trinajstić information content (AvgIpc) is 2.90. The minimum absolute atomic E-state index is 0.123. The molecule has 4 nitrogen and oxygen atoms in total. The highest BCUT2D eigenvalue weighted by atomic mass is 35.5. The van der Waals surface area contributed by atoms with Crippen LogP contribution in [0.1, 0.15) is 22.2 Å². The van der Waals surface area contributed by atoms with E-state index in [1.54, 1.807) is 11.3 Å². The molecular formula is C14H15ClN2O2S. The second kappa shape index (κ2) is 6.24. The SMILES string of the molecule is CC(Cc1cccs1)N(C)c1nc(Cl)ccc1C(=O)O. The summed E-state index contributed by atoms with van der Waals surface area (Å²) in [6.45, 7) is 2.04. The Hall–Kier alpha value is -1.59. The van der Waals surface area contributed by atoms with Crippen molar-refractivity contribution in [3.05, 3.63) is 45.2 Å². The van der Waals surface area contributed by atoms with Crippen molar-refractivity contribution < 1.29 is 9.90 Å². The maximum Gasteiger partial charge on any atom is 0.339 e. The summed E-state index contributed by atoms with van der Waals surface area (Å²) in [6.07, 6.45) is 0.835. The van der Waals surface area contributed by atoms with Gasteiger partial charge in [0.1, 0.15) is 16.5 Å². The van der Waals surface area contributed by atoms with Gasteiger partial charge in [-0.15, -0.1) is 11.3 Å². The lowest BCUT2D eigenvalue weighted by molar-refractivity contribution is 0.0697. The Kier molecular flexibility index (Phi) is 4.62. The van der Waals surface area contributed by atoms with Crippen LogP contribution in [-0.2, 0) is 6.42 Å². The van der Waals surface area contributed by atoms with E-state index in [1.165, 1.54) is 17.0 Å². The van der Waals surface area contributed by atoms with Crippen LogP contribution in [0, 0.1) is 0 Å². The molecule has 0 saturated carbocycles. The summed E-state index contributed by atoms with van der Waals surface area (Å²) in [5.41, 5.74) is 0.162. The van der Waals surface area contributed by atoms with Crippen LogP contribution in [0.4, 0.5) is 5.82 Å². The van der Waals surface area contributed by atoms with Gasteiger partial charge in [-0.3, -0.25) is 0 Å². The van der Waals surface area contributed by atoms with E-state index in [0.29, 0.717) is 11.0 Å². The normalized spacial score (nSPS) is 12.2. The van der Waals surface area contributed by atoms with E-state index in [2.05, 4.69) is 11.1 Å². The first kappa shape index (κ1) is 14.8. The van der Waals surface area contributed by atoms with Gasteiger partial charge in [0, 0.05) is 24.4 Å². The van der Waals surface area contributed by atoms with Crippen molar-refractivity contribution >= 4 is 34.7 Å². The molecular weight excluding hydrogens is 296 g/mol. The van der Waals surface area contributed by atoms with E-state index < -0.39 is 5.97 Å². The van der Waals surface area contributed by atoms with Crippen molar-refractivity contribution in [2.75, 3.05) is 11.9 Å². The van der Waals surface area contributed by atoms with Crippen molar-refractivity contribution in [1.29, 1.82) is 0 Å². The molecule has 0 aromatic carbocycles. The highest BCUT2D eigenvalue weighted by molar-refractivity contribution is 7.09. The van der Waals surface area contributed by atoms with Gasteiger partial charge < -0.3 is 10.0 Å². The molecule has 0 aliphatic heterocycles. The topological polar surface area (TPSA) is 53.4 Å². The number of anilines is 1. The Balaban J connectivity index is 2.25. The first-order chi connectivity index (χ1) is 9.49. The molecule has 0 amide bonds. The van der Waals surface area contributed by atoms with Crippen LogP contribution in [-0.4, -0.2) is 29.1 Å². The number of hydrogen-bond donors (Lipinski definition) is 1. The van der Waals surface area contributed by atoms with E-state index >= 15 is 0 Å². The third-order valence-electron chi connectivity index (χ3n) is 3.14. The molecule has 0 saturated heterocycles. The Labute approximate surface area is 126 Å². The van der Waals surface area contributed by atoms with E-state index in [0.717, 1.165) is 6.42 Å². The van der Waals surface area contributed by atoms with Crippen molar-refractivity contribution in [3.8, 4) is 0 Å². The fourth-order valence-corrected chi connectivity index (χ4v) is 2.90. The molecule has 2 heterocycles. The molecule has 0 radical (unpaired) electrons. The van der Waals surface area contributed by atoms with E-state index in [1.807, 2.05) is 30.3 Å². The van der Waals surface area contributed by atoms with Crippen LogP contribution in [0.15, 0.2) is 29.6 Å². The largest absolute Gasteiger partial charge is 0.478 e. The van der Waals surface area contributed by atoms with Gasteiger partial charge in [0.05, 0.1) is 0 Å². The number of likely N-dealkylation sites (N-methyl/N-ethyl adjacent to an activating group) is 1. The van der Waals surface area contributed by atoms with Crippen LogP contribution < -0.4 is 4.90 Å². The Bertz CT molecular complexity index is 601. The van der Waals surface area contributed by atoms with Crippen LogP contribution in [0.25, 0.3) is 0 Å². The zero-order chi connectivity index (χ0) is 14.7. The lowest BCUT2D eigenvalue weighted by atomic mass is 10.1. The molecule has 0 bridgehead atoms.